The van der Waals surface area contributed by atoms with E-state index in [-0.39, 0.29) is 24.4 Å². The van der Waals surface area contributed by atoms with Crippen LogP contribution in [-0.2, 0) is 23.2 Å². The second kappa shape index (κ2) is 8.26. The molecule has 0 aliphatic carbocycles. The predicted octanol–water partition coefficient (Wildman–Crippen LogP) is 1.35. The molecule has 3 N–H and O–H groups in total. The zero-order valence-corrected chi connectivity index (χ0v) is 14.2. The van der Waals surface area contributed by atoms with E-state index in [2.05, 4.69) is 21.0 Å². The van der Waals surface area contributed by atoms with Crippen molar-refractivity contribution in [2.24, 2.45) is 7.05 Å². The number of carbonyl (C=O) groups is 2. The minimum atomic E-state index is -0.107. The summed E-state index contributed by atoms with van der Waals surface area (Å²) in [6.07, 6.45) is 3.71. The number of anilines is 1. The molecular formula is C17H23N5O2. The highest BCUT2D eigenvalue weighted by Gasteiger charge is 2.09. The average molecular weight is 329 g/mol. The van der Waals surface area contributed by atoms with Crippen molar-refractivity contribution in [1.82, 2.24) is 20.4 Å². The first-order valence-corrected chi connectivity index (χ1v) is 7.79. The molecule has 1 aromatic heterocycles. The lowest BCUT2D eigenvalue weighted by atomic mass is 10.2. The van der Waals surface area contributed by atoms with E-state index >= 15 is 0 Å². The van der Waals surface area contributed by atoms with E-state index in [0.717, 1.165) is 16.8 Å². The fourth-order valence-electron chi connectivity index (χ4n) is 2.20. The molecule has 7 nitrogen and oxygen atoms in total. The van der Waals surface area contributed by atoms with Crippen molar-refractivity contribution in [3.8, 4) is 0 Å². The van der Waals surface area contributed by atoms with Crippen LogP contribution in [0.5, 0.6) is 0 Å². The molecule has 1 heterocycles. The molecule has 2 aromatic rings. The van der Waals surface area contributed by atoms with Gasteiger partial charge in [0, 0.05) is 44.0 Å². The number of nitrogens with zero attached hydrogens (tertiary/aromatic N) is 2. The molecule has 1 aromatic carbocycles. The Morgan fingerprint density at radius 2 is 1.96 bits per heavy atom. The lowest BCUT2D eigenvalue weighted by molar-refractivity contribution is -0.120. The molecule has 0 fully saturated rings. The summed E-state index contributed by atoms with van der Waals surface area (Å²) < 4.78 is 1.73. The topological polar surface area (TPSA) is 88.1 Å². The van der Waals surface area contributed by atoms with Gasteiger partial charge >= 0.3 is 0 Å². The third kappa shape index (κ3) is 5.51. The van der Waals surface area contributed by atoms with E-state index in [0.29, 0.717) is 6.54 Å². The second-order valence-corrected chi connectivity index (χ2v) is 5.70. The van der Waals surface area contributed by atoms with Gasteiger partial charge in [-0.05, 0) is 24.6 Å². The highest BCUT2D eigenvalue weighted by molar-refractivity contribution is 5.88. The molecule has 0 saturated heterocycles. The maximum absolute atomic E-state index is 11.9. The van der Waals surface area contributed by atoms with Crippen LogP contribution in [0.15, 0.2) is 36.7 Å². The van der Waals surface area contributed by atoms with Gasteiger partial charge in [0.15, 0.2) is 0 Å². The Balaban J connectivity index is 1.73. The van der Waals surface area contributed by atoms with E-state index in [1.54, 1.807) is 10.9 Å². The van der Waals surface area contributed by atoms with Gasteiger partial charge in [0.2, 0.25) is 11.8 Å². The first-order chi connectivity index (χ1) is 11.4. The minimum Gasteiger partial charge on any atom is -0.351 e. The largest absolute Gasteiger partial charge is 0.351 e. The maximum Gasteiger partial charge on any atom is 0.234 e. The number of aromatic nitrogens is 2. The van der Waals surface area contributed by atoms with Gasteiger partial charge in [-0.3, -0.25) is 14.3 Å². The lowest BCUT2D eigenvalue weighted by Crippen LogP contribution is -2.34. The third-order valence-electron chi connectivity index (χ3n) is 3.56. The maximum atomic E-state index is 11.9. The molecule has 0 aliphatic heterocycles. The standard InChI is InChI=1S/C17H23N5O2/c1-12(15-9-20-22(3)11-15)18-10-17(24)19-8-14-4-6-16(7-5-14)21-13(2)23/h4-7,9,11-12,18H,8,10H2,1-3H3,(H,19,24)(H,21,23)/t12-/m1/s1. The first-order valence-electron chi connectivity index (χ1n) is 7.79. The summed E-state index contributed by atoms with van der Waals surface area (Å²) in [6, 6.07) is 7.42. The SMILES string of the molecule is CC(=O)Nc1ccc(CNC(=O)CN[C@H](C)c2cnn(C)c2)cc1. The predicted molar refractivity (Wildman–Crippen MR) is 92.2 cm³/mol. The smallest absolute Gasteiger partial charge is 0.234 e. The van der Waals surface area contributed by atoms with E-state index in [1.807, 2.05) is 44.4 Å². The molecular weight excluding hydrogens is 306 g/mol. The van der Waals surface area contributed by atoms with Crippen molar-refractivity contribution in [3.05, 3.63) is 47.8 Å². The molecule has 0 radical (unpaired) electrons. The summed E-state index contributed by atoms with van der Waals surface area (Å²) in [5.41, 5.74) is 2.75. The van der Waals surface area contributed by atoms with Gasteiger partial charge in [-0.25, -0.2) is 0 Å². The Kier molecular flexibility index (Phi) is 6.08. The molecule has 24 heavy (non-hydrogen) atoms. The van der Waals surface area contributed by atoms with Crippen molar-refractivity contribution in [2.75, 3.05) is 11.9 Å². The summed E-state index contributed by atoms with van der Waals surface area (Å²) in [4.78, 5) is 22.9. The zero-order valence-electron chi connectivity index (χ0n) is 14.2. The van der Waals surface area contributed by atoms with Crippen molar-refractivity contribution >= 4 is 17.5 Å². The normalized spacial score (nSPS) is 11.8. The molecule has 0 bridgehead atoms. The van der Waals surface area contributed by atoms with Crippen LogP contribution in [0.2, 0.25) is 0 Å². The number of rotatable bonds is 7. The highest BCUT2D eigenvalue weighted by Crippen LogP contribution is 2.10. The Labute approximate surface area is 141 Å². The third-order valence-corrected chi connectivity index (χ3v) is 3.56. The first kappa shape index (κ1) is 17.7. The average Bonchev–Trinajstić information content (AvgIpc) is 2.98. The van der Waals surface area contributed by atoms with Crippen molar-refractivity contribution < 1.29 is 9.59 Å². The number of hydrogen-bond donors (Lipinski definition) is 3. The van der Waals surface area contributed by atoms with Crippen LogP contribution in [0.25, 0.3) is 0 Å². The van der Waals surface area contributed by atoms with Gasteiger partial charge in [-0.2, -0.15) is 5.10 Å². The minimum absolute atomic E-state index is 0.0568. The molecule has 2 rings (SSSR count). The van der Waals surface area contributed by atoms with E-state index in [9.17, 15) is 9.59 Å². The Hall–Kier alpha value is -2.67. The molecule has 0 spiro atoms. The summed E-state index contributed by atoms with van der Waals surface area (Å²) in [6.45, 7) is 4.14. The molecule has 0 aliphatic rings. The fourth-order valence-corrected chi connectivity index (χ4v) is 2.20. The van der Waals surface area contributed by atoms with E-state index in [1.165, 1.54) is 6.92 Å². The van der Waals surface area contributed by atoms with Crippen molar-refractivity contribution in [2.45, 2.75) is 26.4 Å². The summed E-state index contributed by atoms with van der Waals surface area (Å²) in [5.74, 6) is -0.179. The number of benzene rings is 1. The fraction of sp³-hybridized carbons (Fsp3) is 0.353. The van der Waals surface area contributed by atoms with Gasteiger partial charge < -0.3 is 16.0 Å². The Bertz CT molecular complexity index is 693. The molecule has 0 saturated carbocycles. The summed E-state index contributed by atoms with van der Waals surface area (Å²) in [7, 11) is 1.86. The quantitative estimate of drug-likeness (QED) is 0.715. The van der Waals surface area contributed by atoms with E-state index in [4.69, 9.17) is 0 Å². The van der Waals surface area contributed by atoms with Gasteiger partial charge in [0.25, 0.3) is 0 Å². The number of aryl methyl sites for hydroxylation is 1. The zero-order chi connectivity index (χ0) is 17.5. The highest BCUT2D eigenvalue weighted by atomic mass is 16.2. The monoisotopic (exact) mass is 329 g/mol. The Morgan fingerprint density at radius 1 is 1.25 bits per heavy atom. The summed E-state index contributed by atoms with van der Waals surface area (Å²) in [5, 5.41) is 12.8. The van der Waals surface area contributed by atoms with Crippen LogP contribution >= 0.6 is 0 Å². The number of hydrogen-bond acceptors (Lipinski definition) is 4. The van der Waals surface area contributed by atoms with Gasteiger partial charge in [-0.1, -0.05) is 12.1 Å². The van der Waals surface area contributed by atoms with Gasteiger partial charge in [0.05, 0.1) is 12.7 Å². The lowest BCUT2D eigenvalue weighted by Gasteiger charge is -2.12. The van der Waals surface area contributed by atoms with Gasteiger partial charge in [-0.15, -0.1) is 0 Å². The molecule has 1 atom stereocenters. The van der Waals surface area contributed by atoms with Crippen LogP contribution in [0.1, 0.15) is 31.0 Å². The van der Waals surface area contributed by atoms with Crippen LogP contribution in [0.3, 0.4) is 0 Å². The number of amides is 2. The van der Waals surface area contributed by atoms with Gasteiger partial charge in [0.1, 0.15) is 0 Å². The molecule has 7 heteroatoms. The van der Waals surface area contributed by atoms with Crippen LogP contribution in [0, 0.1) is 0 Å². The van der Waals surface area contributed by atoms with Crippen molar-refractivity contribution in [1.29, 1.82) is 0 Å². The Morgan fingerprint density at radius 3 is 2.54 bits per heavy atom. The molecule has 128 valence electrons. The van der Waals surface area contributed by atoms with Crippen LogP contribution in [-0.4, -0.2) is 28.1 Å². The number of nitrogens with one attached hydrogen (secondary N) is 3. The van der Waals surface area contributed by atoms with E-state index < -0.39 is 0 Å². The summed E-state index contributed by atoms with van der Waals surface area (Å²) >= 11 is 0. The van der Waals surface area contributed by atoms with Crippen molar-refractivity contribution in [3.63, 3.8) is 0 Å². The van der Waals surface area contributed by atoms with Crippen LogP contribution < -0.4 is 16.0 Å². The van der Waals surface area contributed by atoms with Crippen LogP contribution in [0.4, 0.5) is 5.69 Å². The second-order valence-electron chi connectivity index (χ2n) is 5.70. The molecule has 2 amide bonds. The number of carbonyl (C=O) groups excluding carboxylic acids is 2. The molecule has 0 unspecified atom stereocenters.